The lowest BCUT2D eigenvalue weighted by molar-refractivity contribution is -0.163. The number of nitrogens with zero attached hydrogens (tertiary/aromatic N) is 1. The van der Waals surface area contributed by atoms with Crippen LogP contribution in [0.1, 0.15) is 107 Å². The molecule has 7 heteroatoms. The first-order chi connectivity index (χ1) is 18.7. The number of carbonyl (C=O) groups excluding carboxylic acids is 3. The summed E-state index contributed by atoms with van der Waals surface area (Å²) in [5.74, 6) is -4.88. The number of nitrogens with one attached hydrogen (secondary N) is 1. The van der Waals surface area contributed by atoms with Gasteiger partial charge in [0.2, 0.25) is 0 Å². The van der Waals surface area contributed by atoms with Gasteiger partial charge in [-0.3, -0.25) is 14.4 Å². The predicted octanol–water partition coefficient (Wildman–Crippen LogP) is 7.12. The Bertz CT molecular complexity index is 1320. The van der Waals surface area contributed by atoms with Crippen LogP contribution in [0.5, 0.6) is 0 Å². The number of halogens is 2. The first-order valence-corrected chi connectivity index (χ1v) is 15.3. The van der Waals surface area contributed by atoms with Gasteiger partial charge in [0.1, 0.15) is 12.4 Å². The number of alkyl halides is 2. The fourth-order valence-electron chi connectivity index (χ4n) is 10.8. The molecule has 0 saturated heterocycles. The second kappa shape index (κ2) is 8.83. The smallest absolute Gasteiger partial charge is 0.321 e. The van der Waals surface area contributed by atoms with Gasteiger partial charge in [0.25, 0.3) is 5.91 Å². The number of aldehydes is 1. The van der Waals surface area contributed by atoms with Gasteiger partial charge in [0.15, 0.2) is 5.78 Å². The SMILES string of the molecule is CC1(C)CCC2(NC(=O)C(C)(F)F)CCC3(C)C(CC(C=O)=C4C5(C)C=C(C#N)C(=O)C(C)(C)C5CCC43C)C2C1. The Morgan fingerprint density at radius 1 is 1.05 bits per heavy atom. The molecule has 3 saturated carbocycles. The highest BCUT2D eigenvalue weighted by Gasteiger charge is 2.69. The van der Waals surface area contributed by atoms with E-state index >= 15 is 0 Å². The van der Waals surface area contributed by atoms with Crippen molar-refractivity contribution < 1.29 is 23.2 Å². The molecule has 5 aliphatic carbocycles. The van der Waals surface area contributed by atoms with E-state index in [0.717, 1.165) is 49.5 Å². The van der Waals surface area contributed by atoms with Gasteiger partial charge in [-0.05, 0) is 96.5 Å². The topological polar surface area (TPSA) is 87.0 Å². The molecular formula is C34H46F2N2O3. The van der Waals surface area contributed by atoms with Crippen LogP contribution in [0.3, 0.4) is 0 Å². The summed E-state index contributed by atoms with van der Waals surface area (Å²) >= 11 is 0. The van der Waals surface area contributed by atoms with E-state index in [1.165, 1.54) is 0 Å². The van der Waals surface area contributed by atoms with Crippen LogP contribution in [-0.4, -0.2) is 29.4 Å². The van der Waals surface area contributed by atoms with Gasteiger partial charge >= 0.3 is 5.92 Å². The molecule has 0 aromatic carbocycles. The molecule has 5 nitrogen and oxygen atoms in total. The maximum Gasteiger partial charge on any atom is 0.321 e. The number of allylic oxidation sites excluding steroid dienone is 4. The molecule has 7 unspecified atom stereocenters. The number of rotatable bonds is 3. The summed E-state index contributed by atoms with van der Waals surface area (Å²) in [5.41, 5.74) is -0.789. The second-order valence-electron chi connectivity index (χ2n) is 16.1. The molecule has 0 aromatic rings. The van der Waals surface area contributed by atoms with E-state index in [2.05, 4.69) is 46.0 Å². The third kappa shape index (κ3) is 3.98. The minimum Gasteiger partial charge on any atom is -0.345 e. The van der Waals surface area contributed by atoms with E-state index in [0.29, 0.717) is 26.2 Å². The molecular weight excluding hydrogens is 522 g/mol. The summed E-state index contributed by atoms with van der Waals surface area (Å²) in [7, 11) is 0. The zero-order chi connectivity index (χ0) is 30.6. The fraction of sp³-hybridized carbons (Fsp3) is 0.765. The van der Waals surface area contributed by atoms with Crippen molar-refractivity contribution in [1.29, 1.82) is 5.26 Å². The number of hydrogen-bond donors (Lipinski definition) is 1. The van der Waals surface area contributed by atoms with E-state index in [9.17, 15) is 28.4 Å². The summed E-state index contributed by atoms with van der Waals surface area (Å²) in [6.45, 7) is 15.7. The monoisotopic (exact) mass is 568 g/mol. The summed E-state index contributed by atoms with van der Waals surface area (Å²) < 4.78 is 28.4. The van der Waals surface area contributed by atoms with E-state index in [1.807, 2.05) is 19.9 Å². The molecule has 41 heavy (non-hydrogen) atoms. The molecule has 0 heterocycles. The summed E-state index contributed by atoms with van der Waals surface area (Å²) in [5, 5.41) is 12.8. The van der Waals surface area contributed by atoms with Crippen LogP contribution in [0.25, 0.3) is 0 Å². The highest BCUT2D eigenvalue weighted by atomic mass is 19.3. The quantitative estimate of drug-likeness (QED) is 0.367. The zero-order valence-corrected chi connectivity index (χ0v) is 26.0. The molecule has 1 amide bonds. The second-order valence-corrected chi connectivity index (χ2v) is 16.1. The highest BCUT2D eigenvalue weighted by Crippen LogP contribution is 2.74. The van der Waals surface area contributed by atoms with Crippen LogP contribution >= 0.6 is 0 Å². The summed E-state index contributed by atoms with van der Waals surface area (Å²) in [6.07, 6.45) is 8.58. The van der Waals surface area contributed by atoms with E-state index < -0.39 is 33.6 Å². The molecule has 5 rings (SSSR count). The van der Waals surface area contributed by atoms with Crippen LogP contribution in [0.15, 0.2) is 22.8 Å². The normalized spacial score (nSPS) is 42.9. The molecule has 7 atom stereocenters. The van der Waals surface area contributed by atoms with E-state index in [4.69, 9.17) is 0 Å². The number of ketones is 1. The molecule has 0 aromatic heterocycles. The van der Waals surface area contributed by atoms with Crippen LogP contribution in [0.4, 0.5) is 8.78 Å². The van der Waals surface area contributed by atoms with Crippen LogP contribution in [-0.2, 0) is 14.4 Å². The van der Waals surface area contributed by atoms with Gasteiger partial charge in [-0.15, -0.1) is 0 Å². The first-order valence-electron chi connectivity index (χ1n) is 15.3. The average molecular weight is 569 g/mol. The van der Waals surface area contributed by atoms with Crippen molar-refractivity contribution >= 4 is 18.0 Å². The third-order valence-corrected chi connectivity index (χ3v) is 13.1. The van der Waals surface area contributed by atoms with Crippen LogP contribution in [0.2, 0.25) is 0 Å². The van der Waals surface area contributed by atoms with Crippen molar-refractivity contribution in [1.82, 2.24) is 5.32 Å². The molecule has 3 fully saturated rings. The van der Waals surface area contributed by atoms with Crippen molar-refractivity contribution in [3.05, 3.63) is 22.8 Å². The molecule has 0 aliphatic heterocycles. The largest absolute Gasteiger partial charge is 0.345 e. The lowest BCUT2D eigenvalue weighted by Crippen LogP contribution is -2.69. The van der Waals surface area contributed by atoms with Gasteiger partial charge in [-0.25, -0.2) is 0 Å². The van der Waals surface area contributed by atoms with Crippen LogP contribution < -0.4 is 5.32 Å². The number of fused-ring (bicyclic) bond motifs is 7. The predicted molar refractivity (Wildman–Crippen MR) is 153 cm³/mol. The van der Waals surface area contributed by atoms with Gasteiger partial charge in [0, 0.05) is 23.3 Å². The molecule has 0 spiro atoms. The lowest BCUT2D eigenvalue weighted by atomic mass is 9.34. The minimum absolute atomic E-state index is 0.0139. The number of hydrogen-bond acceptors (Lipinski definition) is 4. The lowest BCUT2D eigenvalue weighted by Gasteiger charge is -2.70. The molecule has 0 bridgehead atoms. The van der Waals surface area contributed by atoms with Gasteiger partial charge < -0.3 is 5.32 Å². The summed E-state index contributed by atoms with van der Waals surface area (Å²) in [4.78, 5) is 39.1. The number of carbonyl (C=O) groups is 3. The number of amides is 1. The maximum atomic E-state index is 14.2. The zero-order valence-electron chi connectivity index (χ0n) is 26.0. The highest BCUT2D eigenvalue weighted by molar-refractivity contribution is 6.04. The van der Waals surface area contributed by atoms with Crippen molar-refractivity contribution in [2.45, 2.75) is 118 Å². The van der Waals surface area contributed by atoms with Crippen LogP contribution in [0, 0.1) is 56.2 Å². The summed E-state index contributed by atoms with van der Waals surface area (Å²) in [6, 6.07) is 2.15. The maximum absolute atomic E-state index is 14.2. The average Bonchev–Trinajstić information content (AvgIpc) is 2.86. The minimum atomic E-state index is -3.46. The Labute approximate surface area is 243 Å². The van der Waals surface area contributed by atoms with Gasteiger partial charge in [-0.2, -0.15) is 14.0 Å². The standard InChI is InChI=1S/C34H46F2N2O3/c1-28(2)11-13-34(38-27(41)33(8,35)36)14-12-31(6)22(23(34)17-28)15-20(19-39)25-30(5)16-21(18-37)26(40)29(3,4)24(30)9-10-32(25,31)7/h16,19,22-24H,9-15,17H2,1-8H3,(H,38,41). The number of nitriles is 1. The molecule has 0 radical (unpaired) electrons. The van der Waals surface area contributed by atoms with Crippen molar-refractivity contribution in [2.75, 3.05) is 0 Å². The Morgan fingerprint density at radius 3 is 2.27 bits per heavy atom. The Balaban J connectivity index is 1.69. The van der Waals surface area contributed by atoms with E-state index in [-0.39, 0.29) is 39.9 Å². The van der Waals surface area contributed by atoms with E-state index in [1.54, 1.807) is 0 Å². The molecule has 1 N–H and O–H groups in total. The van der Waals surface area contributed by atoms with Gasteiger partial charge in [-0.1, -0.05) is 54.5 Å². The molecule has 224 valence electrons. The van der Waals surface area contributed by atoms with Crippen molar-refractivity contribution in [3.8, 4) is 6.07 Å². The Morgan fingerprint density at radius 2 is 1.68 bits per heavy atom. The fourth-order valence-corrected chi connectivity index (χ4v) is 10.8. The Kier molecular flexibility index (Phi) is 6.49. The first kappa shape index (κ1) is 30.1. The van der Waals surface area contributed by atoms with Crippen molar-refractivity contribution in [3.63, 3.8) is 0 Å². The van der Waals surface area contributed by atoms with Crippen molar-refractivity contribution in [2.24, 2.45) is 44.8 Å². The number of Topliss-reactive ketones (excluding diaryl/α,β-unsaturated/α-hetero) is 1. The molecule has 5 aliphatic rings. The third-order valence-electron chi connectivity index (χ3n) is 13.1. The van der Waals surface area contributed by atoms with Gasteiger partial charge in [0.05, 0.1) is 5.57 Å². The Hall–Kier alpha value is -2.36.